The van der Waals surface area contributed by atoms with E-state index in [2.05, 4.69) is 20.8 Å². The molecule has 0 radical (unpaired) electrons. The van der Waals surface area contributed by atoms with E-state index in [0.717, 1.165) is 10.1 Å². The first kappa shape index (κ1) is 17.5. The van der Waals surface area contributed by atoms with E-state index in [1.54, 1.807) is 6.07 Å². The first-order chi connectivity index (χ1) is 12.2. The van der Waals surface area contributed by atoms with Gasteiger partial charge in [0, 0.05) is 0 Å². The maximum absolute atomic E-state index is 12.8. The molecular formula is C20H20N2O4. The van der Waals surface area contributed by atoms with Crippen LogP contribution in [-0.2, 0) is 5.41 Å². The van der Waals surface area contributed by atoms with Gasteiger partial charge in [0.2, 0.25) is 5.88 Å². The first-order valence-corrected chi connectivity index (χ1v) is 8.16. The number of aromatic nitrogens is 2. The molecule has 0 aliphatic carbocycles. The molecule has 1 heterocycles. The summed E-state index contributed by atoms with van der Waals surface area (Å²) in [6.45, 7) is 6.31. The molecule has 0 atom stereocenters. The molecule has 2 aromatic carbocycles. The average Bonchev–Trinajstić information content (AvgIpc) is 2.89. The van der Waals surface area contributed by atoms with E-state index in [0.29, 0.717) is 5.69 Å². The van der Waals surface area contributed by atoms with Crippen molar-refractivity contribution in [1.82, 2.24) is 9.13 Å². The molecule has 0 saturated heterocycles. The summed E-state index contributed by atoms with van der Waals surface area (Å²) in [4.78, 5) is 23.9. The van der Waals surface area contributed by atoms with Gasteiger partial charge < -0.3 is 10.2 Å². The van der Waals surface area contributed by atoms with Gasteiger partial charge in [-0.2, -0.15) is 0 Å². The molecule has 0 aliphatic heterocycles. The number of aromatic hydroxyl groups is 1. The van der Waals surface area contributed by atoms with Crippen LogP contribution in [0.1, 0.15) is 36.7 Å². The summed E-state index contributed by atoms with van der Waals surface area (Å²) in [6, 6.07) is 13.4. The number of carboxylic acids is 1. The number of benzene rings is 2. The zero-order valence-electron chi connectivity index (χ0n) is 14.8. The Bertz CT molecular complexity index is 1020. The van der Waals surface area contributed by atoms with Gasteiger partial charge >= 0.3 is 11.7 Å². The maximum Gasteiger partial charge on any atom is 0.340 e. The fourth-order valence-electron chi connectivity index (χ4n) is 2.76. The van der Waals surface area contributed by atoms with Crippen molar-refractivity contribution in [3.05, 3.63) is 76.3 Å². The Labute approximate surface area is 150 Å². The second-order valence-corrected chi connectivity index (χ2v) is 7.13. The van der Waals surface area contributed by atoms with Crippen LogP contribution in [0.4, 0.5) is 0 Å². The van der Waals surface area contributed by atoms with E-state index in [-0.39, 0.29) is 22.5 Å². The minimum atomic E-state index is -1.10. The maximum atomic E-state index is 12.8. The standard InChI is InChI=1S/C20H20N2O4/c1-20(2,3)14-7-9-15(10-8-14)21-12-17(23)22(19(21)26)16-6-4-5-13(11-16)18(24)25/h4-12,23H,1-3H3,(H,24,25). The Kier molecular flexibility index (Phi) is 4.20. The normalized spacial score (nSPS) is 11.5. The third-order valence-corrected chi connectivity index (χ3v) is 4.23. The highest BCUT2D eigenvalue weighted by atomic mass is 16.4. The predicted molar refractivity (Wildman–Crippen MR) is 98.7 cm³/mol. The van der Waals surface area contributed by atoms with E-state index in [1.807, 2.05) is 24.3 Å². The minimum absolute atomic E-state index is 0.00513. The second-order valence-electron chi connectivity index (χ2n) is 7.13. The SMILES string of the molecule is CC(C)(C)c1ccc(-n2cc(O)n(-c3cccc(C(=O)O)c3)c2=O)cc1. The highest BCUT2D eigenvalue weighted by Crippen LogP contribution is 2.24. The van der Waals surface area contributed by atoms with Crippen molar-refractivity contribution in [3.63, 3.8) is 0 Å². The number of nitrogens with zero attached hydrogens (tertiary/aromatic N) is 2. The number of carbonyl (C=O) groups is 1. The Morgan fingerprint density at radius 1 is 1.00 bits per heavy atom. The zero-order chi connectivity index (χ0) is 19.1. The molecule has 0 unspecified atom stereocenters. The molecule has 6 nitrogen and oxygen atoms in total. The molecule has 3 rings (SSSR count). The van der Waals surface area contributed by atoms with Crippen LogP contribution in [0.3, 0.4) is 0 Å². The van der Waals surface area contributed by atoms with Crippen LogP contribution in [-0.4, -0.2) is 25.3 Å². The number of aromatic carboxylic acids is 1. The van der Waals surface area contributed by atoms with E-state index in [4.69, 9.17) is 5.11 Å². The van der Waals surface area contributed by atoms with Crippen LogP contribution in [0, 0.1) is 0 Å². The van der Waals surface area contributed by atoms with E-state index < -0.39 is 11.7 Å². The molecule has 3 aromatic rings. The Morgan fingerprint density at radius 3 is 2.23 bits per heavy atom. The minimum Gasteiger partial charge on any atom is -0.493 e. The lowest BCUT2D eigenvalue weighted by Crippen LogP contribution is -2.22. The number of rotatable bonds is 3. The Morgan fingerprint density at radius 2 is 1.65 bits per heavy atom. The quantitative estimate of drug-likeness (QED) is 0.757. The van der Waals surface area contributed by atoms with Gasteiger partial charge in [0.1, 0.15) is 0 Å². The number of hydrogen-bond donors (Lipinski definition) is 2. The van der Waals surface area contributed by atoms with Crippen molar-refractivity contribution < 1.29 is 15.0 Å². The molecule has 0 aliphatic rings. The summed E-state index contributed by atoms with van der Waals surface area (Å²) >= 11 is 0. The third kappa shape index (κ3) is 3.13. The first-order valence-electron chi connectivity index (χ1n) is 8.16. The lowest BCUT2D eigenvalue weighted by molar-refractivity contribution is 0.0697. The van der Waals surface area contributed by atoms with Gasteiger partial charge in [0.15, 0.2) is 0 Å². The summed E-state index contributed by atoms with van der Waals surface area (Å²) in [7, 11) is 0. The van der Waals surface area contributed by atoms with Crippen LogP contribution in [0.15, 0.2) is 59.5 Å². The molecule has 0 spiro atoms. The van der Waals surface area contributed by atoms with Gasteiger partial charge in [-0.05, 0) is 41.3 Å². The fraction of sp³-hybridized carbons (Fsp3) is 0.200. The van der Waals surface area contributed by atoms with Crippen molar-refractivity contribution in [2.75, 3.05) is 0 Å². The van der Waals surface area contributed by atoms with E-state index in [1.165, 1.54) is 29.0 Å². The number of hydrogen-bond acceptors (Lipinski definition) is 3. The van der Waals surface area contributed by atoms with Crippen LogP contribution in [0.5, 0.6) is 5.88 Å². The average molecular weight is 352 g/mol. The predicted octanol–water partition coefficient (Wildman–Crippen LogP) is 3.33. The number of carboxylic acid groups (broad SMARTS) is 1. The number of imidazole rings is 1. The molecule has 0 fully saturated rings. The topological polar surface area (TPSA) is 84.5 Å². The van der Waals surface area contributed by atoms with Crippen LogP contribution in [0.25, 0.3) is 11.4 Å². The highest BCUT2D eigenvalue weighted by molar-refractivity contribution is 5.88. The van der Waals surface area contributed by atoms with Gasteiger partial charge in [0.05, 0.1) is 23.1 Å². The van der Waals surface area contributed by atoms with Gasteiger partial charge in [0.25, 0.3) is 0 Å². The summed E-state index contributed by atoms with van der Waals surface area (Å²) in [5.74, 6) is -1.37. The van der Waals surface area contributed by atoms with Gasteiger partial charge in [-0.3, -0.25) is 4.57 Å². The third-order valence-electron chi connectivity index (χ3n) is 4.23. The molecule has 2 N–H and O–H groups in total. The second kappa shape index (κ2) is 6.22. The van der Waals surface area contributed by atoms with Gasteiger partial charge in [-0.25, -0.2) is 14.2 Å². The van der Waals surface area contributed by atoms with Crippen molar-refractivity contribution >= 4 is 5.97 Å². The smallest absolute Gasteiger partial charge is 0.340 e. The molecule has 134 valence electrons. The van der Waals surface area contributed by atoms with Crippen LogP contribution >= 0.6 is 0 Å². The summed E-state index contributed by atoms with van der Waals surface area (Å²) in [6.07, 6.45) is 1.32. The molecular weight excluding hydrogens is 332 g/mol. The summed E-state index contributed by atoms with van der Waals surface area (Å²) in [5, 5.41) is 19.3. The summed E-state index contributed by atoms with van der Waals surface area (Å²) in [5.41, 5.74) is 1.59. The van der Waals surface area contributed by atoms with Crippen molar-refractivity contribution in [3.8, 4) is 17.3 Å². The lowest BCUT2D eigenvalue weighted by atomic mass is 9.87. The molecule has 26 heavy (non-hydrogen) atoms. The molecule has 1 aromatic heterocycles. The van der Waals surface area contributed by atoms with Crippen molar-refractivity contribution in [2.45, 2.75) is 26.2 Å². The van der Waals surface area contributed by atoms with Crippen LogP contribution in [0.2, 0.25) is 0 Å². The van der Waals surface area contributed by atoms with Gasteiger partial charge in [-0.15, -0.1) is 0 Å². The van der Waals surface area contributed by atoms with Gasteiger partial charge in [-0.1, -0.05) is 39.0 Å². The van der Waals surface area contributed by atoms with E-state index in [9.17, 15) is 14.7 Å². The van der Waals surface area contributed by atoms with Crippen LogP contribution < -0.4 is 5.69 Å². The monoisotopic (exact) mass is 352 g/mol. The molecule has 6 heteroatoms. The largest absolute Gasteiger partial charge is 0.493 e. The summed E-state index contributed by atoms with van der Waals surface area (Å²) < 4.78 is 2.40. The Balaban J connectivity index is 2.08. The molecule has 0 saturated carbocycles. The van der Waals surface area contributed by atoms with Crippen molar-refractivity contribution in [2.24, 2.45) is 0 Å². The molecule has 0 bridgehead atoms. The fourth-order valence-corrected chi connectivity index (χ4v) is 2.76. The highest BCUT2D eigenvalue weighted by Gasteiger charge is 2.17. The molecule has 0 amide bonds. The lowest BCUT2D eigenvalue weighted by Gasteiger charge is -2.19. The Hall–Kier alpha value is -3.28. The van der Waals surface area contributed by atoms with E-state index >= 15 is 0 Å². The van der Waals surface area contributed by atoms with Crippen molar-refractivity contribution in [1.29, 1.82) is 0 Å². The zero-order valence-corrected chi connectivity index (χ0v) is 14.8.